The van der Waals surface area contributed by atoms with Crippen LogP contribution in [0, 0.1) is 3.57 Å². The van der Waals surface area contributed by atoms with E-state index < -0.39 is 0 Å². The second-order valence-corrected chi connectivity index (χ2v) is 5.03. The predicted octanol–water partition coefficient (Wildman–Crippen LogP) is 4.52. The summed E-state index contributed by atoms with van der Waals surface area (Å²) in [6.07, 6.45) is 0.860. The van der Waals surface area contributed by atoms with Crippen molar-refractivity contribution in [2.45, 2.75) is 0 Å². The highest BCUT2D eigenvalue weighted by atomic mass is 127. The normalized spacial score (nSPS) is 10.7. The standard InChI is InChI=1S/C15H9IO2/c16-14-12-7-3-4-8-13(12)18-15(14)11-6-2-1-5-10(11)9-17/h1-9H. The monoisotopic (exact) mass is 348 g/mol. The smallest absolute Gasteiger partial charge is 0.150 e. The number of hydrogen-bond acceptors (Lipinski definition) is 2. The van der Waals surface area contributed by atoms with Crippen LogP contribution < -0.4 is 0 Å². The second-order valence-electron chi connectivity index (χ2n) is 3.95. The fraction of sp³-hybridized carbons (Fsp3) is 0. The maximum absolute atomic E-state index is 11.1. The van der Waals surface area contributed by atoms with Crippen LogP contribution in [0.15, 0.2) is 52.9 Å². The molecule has 0 bridgehead atoms. The third-order valence-electron chi connectivity index (χ3n) is 2.87. The highest BCUT2D eigenvalue weighted by molar-refractivity contribution is 14.1. The lowest BCUT2D eigenvalue weighted by molar-refractivity contribution is 0.112. The van der Waals surface area contributed by atoms with Gasteiger partial charge in [-0.1, -0.05) is 42.5 Å². The van der Waals surface area contributed by atoms with Gasteiger partial charge in [0.25, 0.3) is 0 Å². The Hall–Kier alpha value is -1.62. The third-order valence-corrected chi connectivity index (χ3v) is 3.94. The van der Waals surface area contributed by atoms with Gasteiger partial charge in [0.15, 0.2) is 6.29 Å². The Kier molecular flexibility index (Phi) is 2.91. The summed E-state index contributed by atoms with van der Waals surface area (Å²) in [5, 5.41) is 1.08. The molecule has 0 aliphatic rings. The molecule has 0 amide bonds. The number of carbonyl (C=O) groups is 1. The summed E-state index contributed by atoms with van der Waals surface area (Å²) in [6.45, 7) is 0. The van der Waals surface area contributed by atoms with Crippen molar-refractivity contribution >= 4 is 39.8 Å². The average Bonchev–Trinajstić information content (AvgIpc) is 2.76. The summed E-state index contributed by atoms with van der Waals surface area (Å²) in [4.78, 5) is 11.1. The van der Waals surface area contributed by atoms with E-state index in [2.05, 4.69) is 22.6 Å². The molecule has 0 saturated carbocycles. The first-order valence-electron chi connectivity index (χ1n) is 5.53. The van der Waals surface area contributed by atoms with Crippen LogP contribution in [0.3, 0.4) is 0 Å². The summed E-state index contributed by atoms with van der Waals surface area (Å²) in [7, 11) is 0. The van der Waals surface area contributed by atoms with Gasteiger partial charge >= 0.3 is 0 Å². The van der Waals surface area contributed by atoms with Gasteiger partial charge in [0.1, 0.15) is 11.3 Å². The number of halogens is 1. The molecular formula is C15H9IO2. The van der Waals surface area contributed by atoms with Crippen molar-refractivity contribution < 1.29 is 9.21 Å². The Balaban J connectivity index is 2.32. The number of aldehydes is 1. The number of fused-ring (bicyclic) bond motifs is 1. The Labute approximate surface area is 118 Å². The molecule has 2 nitrogen and oxygen atoms in total. The Morgan fingerprint density at radius 2 is 1.72 bits per heavy atom. The first-order valence-corrected chi connectivity index (χ1v) is 6.61. The van der Waals surface area contributed by atoms with Crippen LogP contribution in [0.5, 0.6) is 0 Å². The van der Waals surface area contributed by atoms with Crippen molar-refractivity contribution in [3.63, 3.8) is 0 Å². The number of furan rings is 1. The molecule has 3 aromatic rings. The van der Waals surface area contributed by atoms with Gasteiger partial charge in [0.05, 0.1) is 3.57 Å². The molecule has 0 aliphatic carbocycles. The van der Waals surface area contributed by atoms with Gasteiger partial charge in [-0.15, -0.1) is 0 Å². The van der Waals surface area contributed by atoms with Crippen LogP contribution in [0.4, 0.5) is 0 Å². The third kappa shape index (κ3) is 1.75. The maximum atomic E-state index is 11.1. The molecule has 3 rings (SSSR count). The fourth-order valence-corrected chi connectivity index (χ4v) is 2.84. The average molecular weight is 348 g/mol. The molecule has 0 spiro atoms. The lowest BCUT2D eigenvalue weighted by Gasteiger charge is -2.01. The number of carbonyl (C=O) groups excluding carboxylic acids is 1. The van der Waals surface area contributed by atoms with Gasteiger partial charge in [0, 0.05) is 16.5 Å². The molecule has 0 unspecified atom stereocenters. The van der Waals surface area contributed by atoms with Gasteiger partial charge in [-0.2, -0.15) is 0 Å². The number of benzene rings is 2. The zero-order valence-electron chi connectivity index (χ0n) is 9.39. The number of para-hydroxylation sites is 1. The predicted molar refractivity (Wildman–Crippen MR) is 79.8 cm³/mol. The van der Waals surface area contributed by atoms with Gasteiger partial charge in [0.2, 0.25) is 0 Å². The quantitative estimate of drug-likeness (QED) is 0.504. The van der Waals surface area contributed by atoms with E-state index in [0.717, 1.165) is 32.1 Å². The molecule has 0 radical (unpaired) electrons. The number of hydrogen-bond donors (Lipinski definition) is 0. The van der Waals surface area contributed by atoms with E-state index in [-0.39, 0.29) is 0 Å². The Morgan fingerprint density at radius 1 is 1.00 bits per heavy atom. The summed E-state index contributed by atoms with van der Waals surface area (Å²) >= 11 is 2.26. The van der Waals surface area contributed by atoms with E-state index in [1.165, 1.54) is 0 Å². The molecule has 0 saturated heterocycles. The van der Waals surface area contributed by atoms with Gasteiger partial charge in [-0.3, -0.25) is 4.79 Å². The zero-order valence-corrected chi connectivity index (χ0v) is 11.5. The van der Waals surface area contributed by atoms with E-state index in [1.807, 2.05) is 42.5 Å². The van der Waals surface area contributed by atoms with Gasteiger partial charge in [-0.25, -0.2) is 0 Å². The first-order chi connectivity index (χ1) is 8.81. The minimum Gasteiger partial charge on any atom is -0.455 e. The van der Waals surface area contributed by atoms with Crippen molar-refractivity contribution in [3.05, 3.63) is 57.7 Å². The van der Waals surface area contributed by atoms with Crippen LogP contribution in [0.25, 0.3) is 22.3 Å². The highest BCUT2D eigenvalue weighted by Crippen LogP contribution is 2.35. The minimum absolute atomic E-state index is 0.648. The number of rotatable bonds is 2. The lowest BCUT2D eigenvalue weighted by Crippen LogP contribution is -1.86. The maximum Gasteiger partial charge on any atom is 0.150 e. The molecule has 0 N–H and O–H groups in total. The molecule has 18 heavy (non-hydrogen) atoms. The summed E-state index contributed by atoms with van der Waals surface area (Å²) in [5.74, 6) is 0.763. The lowest BCUT2D eigenvalue weighted by atomic mass is 10.1. The van der Waals surface area contributed by atoms with Crippen molar-refractivity contribution in [1.29, 1.82) is 0 Å². The highest BCUT2D eigenvalue weighted by Gasteiger charge is 2.15. The van der Waals surface area contributed by atoms with E-state index in [0.29, 0.717) is 5.56 Å². The van der Waals surface area contributed by atoms with Gasteiger partial charge < -0.3 is 4.42 Å². The van der Waals surface area contributed by atoms with Crippen molar-refractivity contribution in [3.8, 4) is 11.3 Å². The van der Waals surface area contributed by atoms with Crippen LogP contribution in [-0.4, -0.2) is 6.29 Å². The molecule has 1 aromatic heterocycles. The minimum atomic E-state index is 0.648. The molecule has 0 fully saturated rings. The fourth-order valence-electron chi connectivity index (χ4n) is 1.99. The summed E-state index contributed by atoms with van der Waals surface area (Å²) < 4.78 is 6.90. The van der Waals surface area contributed by atoms with Crippen LogP contribution in [0.2, 0.25) is 0 Å². The van der Waals surface area contributed by atoms with Crippen LogP contribution in [-0.2, 0) is 0 Å². The second kappa shape index (κ2) is 4.57. The van der Waals surface area contributed by atoms with E-state index in [4.69, 9.17) is 4.42 Å². The zero-order chi connectivity index (χ0) is 12.5. The molecular weight excluding hydrogens is 339 g/mol. The largest absolute Gasteiger partial charge is 0.455 e. The van der Waals surface area contributed by atoms with E-state index in [9.17, 15) is 4.79 Å². The van der Waals surface area contributed by atoms with E-state index in [1.54, 1.807) is 6.07 Å². The first kappa shape index (κ1) is 11.5. The molecule has 1 heterocycles. The summed E-state index contributed by atoms with van der Waals surface area (Å²) in [5.41, 5.74) is 2.33. The molecule has 88 valence electrons. The molecule has 0 atom stereocenters. The Morgan fingerprint density at radius 3 is 2.50 bits per heavy atom. The SMILES string of the molecule is O=Cc1ccccc1-c1oc2ccccc2c1I. The van der Waals surface area contributed by atoms with Crippen molar-refractivity contribution in [1.82, 2.24) is 0 Å². The van der Waals surface area contributed by atoms with E-state index >= 15 is 0 Å². The molecule has 0 aliphatic heterocycles. The van der Waals surface area contributed by atoms with Crippen molar-refractivity contribution in [2.75, 3.05) is 0 Å². The molecule has 3 heteroatoms. The molecule has 2 aromatic carbocycles. The Bertz CT molecular complexity index is 728. The van der Waals surface area contributed by atoms with Crippen LogP contribution in [0.1, 0.15) is 10.4 Å². The topological polar surface area (TPSA) is 30.2 Å². The summed E-state index contributed by atoms with van der Waals surface area (Å²) in [6, 6.07) is 15.3. The van der Waals surface area contributed by atoms with Crippen LogP contribution >= 0.6 is 22.6 Å². The van der Waals surface area contributed by atoms with Gasteiger partial charge in [-0.05, 0) is 28.7 Å². The van der Waals surface area contributed by atoms with Crippen molar-refractivity contribution in [2.24, 2.45) is 0 Å².